The smallest absolute Gasteiger partial charge is 0.335 e. The highest BCUT2D eigenvalue weighted by Gasteiger charge is 2.07. The summed E-state index contributed by atoms with van der Waals surface area (Å²) < 4.78 is 13.4. The molecule has 92 valence electrons. The first-order chi connectivity index (χ1) is 8.58. The van der Waals surface area contributed by atoms with Crippen molar-refractivity contribution in [1.82, 2.24) is 0 Å². The number of hydrogen-bond acceptors (Lipinski definition) is 3. The van der Waals surface area contributed by atoms with Gasteiger partial charge < -0.3 is 16.2 Å². The number of benzene rings is 2. The summed E-state index contributed by atoms with van der Waals surface area (Å²) in [4.78, 5) is 10.7. The molecule has 0 aliphatic heterocycles. The van der Waals surface area contributed by atoms with Crippen LogP contribution in [0.4, 0.5) is 21.5 Å². The predicted molar refractivity (Wildman–Crippen MR) is 67.5 cm³/mol. The zero-order chi connectivity index (χ0) is 13.1. The number of carboxylic acids is 1. The second kappa shape index (κ2) is 4.75. The molecule has 0 unspecified atom stereocenters. The molecule has 18 heavy (non-hydrogen) atoms. The standard InChI is InChI=1S/C13H11FN2O2/c14-9-3-1-2-4-11(9)16-12-6-5-8(13(17)18)7-10(12)15/h1-7,16H,15H2,(H,17,18). The molecule has 2 rings (SSSR count). The van der Waals surface area contributed by atoms with Crippen LogP contribution in [-0.2, 0) is 0 Å². The number of halogens is 1. The normalized spacial score (nSPS) is 10.1. The average Bonchev–Trinajstić information content (AvgIpc) is 2.34. The zero-order valence-electron chi connectivity index (χ0n) is 9.35. The van der Waals surface area contributed by atoms with E-state index in [2.05, 4.69) is 5.32 Å². The summed E-state index contributed by atoms with van der Waals surface area (Å²) in [5.41, 5.74) is 6.79. The lowest BCUT2D eigenvalue weighted by Gasteiger charge is -2.10. The monoisotopic (exact) mass is 246 g/mol. The number of carbonyl (C=O) groups is 1. The molecule has 0 fully saturated rings. The van der Waals surface area contributed by atoms with Crippen LogP contribution in [0.15, 0.2) is 42.5 Å². The van der Waals surface area contributed by atoms with E-state index in [0.29, 0.717) is 5.69 Å². The van der Waals surface area contributed by atoms with Gasteiger partial charge in [0.1, 0.15) is 5.82 Å². The Labute approximate surface area is 103 Å². The molecule has 0 aliphatic carbocycles. The SMILES string of the molecule is Nc1cc(C(=O)O)ccc1Nc1ccccc1F. The van der Waals surface area contributed by atoms with Crippen LogP contribution in [0.5, 0.6) is 0 Å². The molecule has 2 aromatic rings. The van der Waals surface area contributed by atoms with Crippen molar-refractivity contribution in [3.05, 3.63) is 53.8 Å². The molecule has 5 heteroatoms. The maximum Gasteiger partial charge on any atom is 0.335 e. The Hall–Kier alpha value is -2.56. The van der Waals surface area contributed by atoms with Gasteiger partial charge >= 0.3 is 5.97 Å². The van der Waals surface area contributed by atoms with Gasteiger partial charge in [-0.3, -0.25) is 0 Å². The van der Waals surface area contributed by atoms with Gasteiger partial charge in [0.05, 0.1) is 22.6 Å². The van der Waals surface area contributed by atoms with Crippen LogP contribution in [0.3, 0.4) is 0 Å². The molecule has 0 spiro atoms. The topological polar surface area (TPSA) is 75.4 Å². The van der Waals surface area contributed by atoms with Crippen LogP contribution in [-0.4, -0.2) is 11.1 Å². The maximum atomic E-state index is 13.4. The summed E-state index contributed by atoms with van der Waals surface area (Å²) in [7, 11) is 0. The second-order valence-electron chi connectivity index (χ2n) is 3.71. The van der Waals surface area contributed by atoms with Gasteiger partial charge in [0, 0.05) is 0 Å². The number of aromatic carboxylic acids is 1. The average molecular weight is 246 g/mol. The summed E-state index contributed by atoms with van der Waals surface area (Å²) in [6.07, 6.45) is 0. The van der Waals surface area contributed by atoms with Crippen LogP contribution in [0.2, 0.25) is 0 Å². The van der Waals surface area contributed by atoms with E-state index in [4.69, 9.17) is 10.8 Å². The first kappa shape index (κ1) is 11.9. The number of nitrogens with one attached hydrogen (secondary N) is 1. The van der Waals surface area contributed by atoms with Gasteiger partial charge in [-0.15, -0.1) is 0 Å². The van der Waals surface area contributed by atoms with E-state index in [9.17, 15) is 9.18 Å². The third kappa shape index (κ3) is 2.40. The third-order valence-electron chi connectivity index (χ3n) is 2.44. The van der Waals surface area contributed by atoms with Gasteiger partial charge in [-0.25, -0.2) is 9.18 Å². The molecular weight excluding hydrogens is 235 g/mol. The quantitative estimate of drug-likeness (QED) is 0.728. The molecule has 0 aliphatic rings. The zero-order valence-corrected chi connectivity index (χ0v) is 9.35. The van der Waals surface area contributed by atoms with E-state index in [-0.39, 0.29) is 16.9 Å². The number of nitrogen functional groups attached to an aromatic ring is 1. The molecule has 4 N–H and O–H groups in total. The lowest BCUT2D eigenvalue weighted by Crippen LogP contribution is -2.02. The van der Waals surface area contributed by atoms with Crippen LogP contribution >= 0.6 is 0 Å². The minimum Gasteiger partial charge on any atom is -0.478 e. The first-order valence-corrected chi connectivity index (χ1v) is 5.22. The molecule has 0 aromatic heterocycles. The lowest BCUT2D eigenvalue weighted by atomic mass is 10.1. The Morgan fingerprint density at radius 3 is 2.50 bits per heavy atom. The Kier molecular flexibility index (Phi) is 3.14. The van der Waals surface area contributed by atoms with Gasteiger partial charge in [0.15, 0.2) is 0 Å². The van der Waals surface area contributed by atoms with E-state index in [1.807, 2.05) is 0 Å². The van der Waals surface area contributed by atoms with Crippen molar-refractivity contribution in [2.24, 2.45) is 0 Å². The number of carboxylic acid groups (broad SMARTS) is 1. The summed E-state index contributed by atoms with van der Waals surface area (Å²) in [6.45, 7) is 0. The van der Waals surface area contributed by atoms with Crippen molar-refractivity contribution in [3.8, 4) is 0 Å². The number of anilines is 3. The molecule has 0 saturated carbocycles. The highest BCUT2D eigenvalue weighted by molar-refractivity contribution is 5.90. The fraction of sp³-hybridized carbons (Fsp3) is 0. The fourth-order valence-electron chi connectivity index (χ4n) is 1.52. The summed E-state index contributed by atoms with van der Waals surface area (Å²) in [5.74, 6) is -1.46. The van der Waals surface area contributed by atoms with Crippen molar-refractivity contribution in [2.75, 3.05) is 11.1 Å². The highest BCUT2D eigenvalue weighted by Crippen LogP contribution is 2.25. The van der Waals surface area contributed by atoms with Gasteiger partial charge in [0.2, 0.25) is 0 Å². The van der Waals surface area contributed by atoms with E-state index in [1.165, 1.54) is 24.3 Å². The second-order valence-corrected chi connectivity index (χ2v) is 3.71. The molecule has 0 heterocycles. The van der Waals surface area contributed by atoms with Crippen LogP contribution in [0, 0.1) is 5.82 Å². The lowest BCUT2D eigenvalue weighted by molar-refractivity contribution is 0.0697. The Morgan fingerprint density at radius 2 is 1.89 bits per heavy atom. The van der Waals surface area contributed by atoms with Crippen molar-refractivity contribution >= 4 is 23.0 Å². The molecule has 0 amide bonds. The van der Waals surface area contributed by atoms with Gasteiger partial charge in [0.25, 0.3) is 0 Å². The molecule has 0 bridgehead atoms. The van der Waals surface area contributed by atoms with Crippen LogP contribution in [0.25, 0.3) is 0 Å². The number of para-hydroxylation sites is 1. The molecule has 4 nitrogen and oxygen atoms in total. The summed E-state index contributed by atoms with van der Waals surface area (Å²) in [6, 6.07) is 10.4. The van der Waals surface area contributed by atoms with Gasteiger partial charge in [-0.2, -0.15) is 0 Å². The summed E-state index contributed by atoms with van der Waals surface area (Å²) >= 11 is 0. The van der Waals surface area contributed by atoms with E-state index >= 15 is 0 Å². The van der Waals surface area contributed by atoms with Crippen molar-refractivity contribution in [2.45, 2.75) is 0 Å². The minimum absolute atomic E-state index is 0.0894. The Balaban J connectivity index is 2.30. The van der Waals surface area contributed by atoms with Crippen molar-refractivity contribution in [3.63, 3.8) is 0 Å². The minimum atomic E-state index is -1.06. The van der Waals surface area contributed by atoms with E-state index < -0.39 is 11.8 Å². The van der Waals surface area contributed by atoms with Gasteiger partial charge in [-0.1, -0.05) is 12.1 Å². The van der Waals surface area contributed by atoms with Crippen molar-refractivity contribution < 1.29 is 14.3 Å². The summed E-state index contributed by atoms with van der Waals surface area (Å²) in [5, 5.41) is 11.6. The third-order valence-corrected chi connectivity index (χ3v) is 2.44. The van der Waals surface area contributed by atoms with Crippen molar-refractivity contribution in [1.29, 1.82) is 0 Å². The first-order valence-electron chi connectivity index (χ1n) is 5.22. The predicted octanol–water partition coefficient (Wildman–Crippen LogP) is 2.85. The fourth-order valence-corrected chi connectivity index (χ4v) is 1.52. The Bertz CT molecular complexity index is 599. The maximum absolute atomic E-state index is 13.4. The van der Waals surface area contributed by atoms with Crippen LogP contribution in [0.1, 0.15) is 10.4 Å². The number of nitrogens with two attached hydrogens (primary N) is 1. The number of hydrogen-bond donors (Lipinski definition) is 3. The largest absolute Gasteiger partial charge is 0.478 e. The molecular formula is C13H11FN2O2. The molecule has 2 aromatic carbocycles. The number of rotatable bonds is 3. The van der Waals surface area contributed by atoms with Crippen LogP contribution < -0.4 is 11.1 Å². The molecule has 0 radical (unpaired) electrons. The van der Waals surface area contributed by atoms with Gasteiger partial charge in [-0.05, 0) is 30.3 Å². The molecule has 0 atom stereocenters. The molecule has 0 saturated heterocycles. The van der Waals surface area contributed by atoms with E-state index in [0.717, 1.165) is 0 Å². The van der Waals surface area contributed by atoms with E-state index in [1.54, 1.807) is 18.2 Å². The highest BCUT2D eigenvalue weighted by atomic mass is 19.1. The Morgan fingerprint density at radius 1 is 1.17 bits per heavy atom.